The molecule has 1 saturated carbocycles. The molecule has 5 nitrogen and oxygen atoms in total. The fraction of sp³-hybridized carbons (Fsp3) is 0.476. The number of likely N-dealkylation sites (tertiary alicyclic amines) is 1. The molecule has 1 aromatic carbocycles. The van der Waals surface area contributed by atoms with Gasteiger partial charge in [-0.15, -0.1) is 23.2 Å². The van der Waals surface area contributed by atoms with Gasteiger partial charge in [-0.25, -0.2) is 4.90 Å². The standard InChI is InChI=1S/C21H16Cl6N2O3/c22-14-15(23)20(25)13-12(19(14,24)21(20,26)27)17(31)29(18(13)32)11-6-4-5-10(9-11)16(30)28-7-2-1-3-8-28/h4-6,9,12-13H,1-3,7-8H2/t12-,13-,19-,20-/m0/s1. The zero-order valence-electron chi connectivity index (χ0n) is 16.4. The number of benzene rings is 1. The summed E-state index contributed by atoms with van der Waals surface area (Å²) in [5.41, 5.74) is 0.614. The maximum Gasteiger partial charge on any atom is 0.253 e. The van der Waals surface area contributed by atoms with Gasteiger partial charge in [0.1, 0.15) is 9.75 Å². The average Bonchev–Trinajstić information content (AvgIpc) is 3.17. The molecule has 2 aliphatic heterocycles. The molecule has 11 heteroatoms. The Morgan fingerprint density at radius 2 is 1.41 bits per heavy atom. The van der Waals surface area contributed by atoms with Crippen molar-refractivity contribution in [1.82, 2.24) is 4.90 Å². The molecule has 5 rings (SSSR count). The van der Waals surface area contributed by atoms with E-state index in [9.17, 15) is 14.4 Å². The molecule has 0 radical (unpaired) electrons. The minimum absolute atomic E-state index is 0.140. The van der Waals surface area contributed by atoms with Crippen molar-refractivity contribution >= 4 is 93.0 Å². The lowest BCUT2D eigenvalue weighted by molar-refractivity contribution is -0.123. The van der Waals surface area contributed by atoms with Gasteiger partial charge in [-0.1, -0.05) is 52.5 Å². The largest absolute Gasteiger partial charge is 0.339 e. The normalized spacial score (nSPS) is 35.7. The molecule has 0 aromatic heterocycles. The number of nitrogens with zero attached hydrogens (tertiary/aromatic N) is 2. The van der Waals surface area contributed by atoms with Crippen molar-refractivity contribution in [1.29, 1.82) is 0 Å². The number of imide groups is 1. The number of amides is 3. The Kier molecular flexibility index (Phi) is 5.34. The Bertz CT molecular complexity index is 1050. The third-order valence-electron chi connectivity index (χ3n) is 6.90. The van der Waals surface area contributed by atoms with E-state index in [2.05, 4.69) is 0 Å². The van der Waals surface area contributed by atoms with Crippen LogP contribution in [0.3, 0.4) is 0 Å². The molecule has 2 heterocycles. The number of hydrogen-bond donors (Lipinski definition) is 0. The summed E-state index contributed by atoms with van der Waals surface area (Å²) in [4.78, 5) is 38.9. The first-order chi connectivity index (χ1) is 15.0. The molecular formula is C21H16Cl6N2O3. The van der Waals surface area contributed by atoms with E-state index in [-0.39, 0.29) is 21.7 Å². The highest BCUT2D eigenvalue weighted by molar-refractivity contribution is 6.67. The van der Waals surface area contributed by atoms with Crippen molar-refractivity contribution in [2.45, 2.75) is 33.3 Å². The number of hydrogen-bond acceptors (Lipinski definition) is 3. The van der Waals surface area contributed by atoms with Gasteiger partial charge in [0, 0.05) is 18.7 Å². The summed E-state index contributed by atoms with van der Waals surface area (Å²) in [7, 11) is 0. The fourth-order valence-corrected chi connectivity index (χ4v) is 8.24. The first kappa shape index (κ1) is 23.1. The molecule has 0 unspecified atom stereocenters. The van der Waals surface area contributed by atoms with Crippen LogP contribution in [0.2, 0.25) is 0 Å². The zero-order chi connectivity index (χ0) is 23.2. The van der Waals surface area contributed by atoms with Crippen LogP contribution < -0.4 is 4.90 Å². The maximum atomic E-state index is 13.5. The third kappa shape index (κ3) is 2.59. The summed E-state index contributed by atoms with van der Waals surface area (Å²) in [5.74, 6) is -3.86. The Balaban J connectivity index is 1.53. The predicted molar refractivity (Wildman–Crippen MR) is 126 cm³/mol. The minimum atomic E-state index is -1.98. The molecular weight excluding hydrogens is 541 g/mol. The molecule has 2 bridgehead atoms. The van der Waals surface area contributed by atoms with E-state index in [1.165, 1.54) is 6.07 Å². The molecule has 2 aliphatic carbocycles. The highest BCUT2D eigenvalue weighted by atomic mass is 35.5. The van der Waals surface area contributed by atoms with Gasteiger partial charge in [0.2, 0.25) is 11.8 Å². The van der Waals surface area contributed by atoms with Crippen molar-refractivity contribution in [2.24, 2.45) is 11.8 Å². The van der Waals surface area contributed by atoms with Crippen LogP contribution in [-0.2, 0) is 9.59 Å². The van der Waals surface area contributed by atoms with E-state index in [0.717, 1.165) is 24.2 Å². The molecule has 3 fully saturated rings. The smallest absolute Gasteiger partial charge is 0.253 e. The molecule has 3 amide bonds. The summed E-state index contributed by atoms with van der Waals surface area (Å²) in [6, 6.07) is 6.36. The Morgan fingerprint density at radius 3 is 1.94 bits per heavy atom. The van der Waals surface area contributed by atoms with Crippen LogP contribution in [0.4, 0.5) is 5.69 Å². The van der Waals surface area contributed by atoms with Crippen LogP contribution in [-0.4, -0.2) is 49.8 Å². The second-order valence-electron chi connectivity index (χ2n) is 8.50. The number of piperidine rings is 1. The van der Waals surface area contributed by atoms with Crippen molar-refractivity contribution in [2.75, 3.05) is 18.0 Å². The SMILES string of the molecule is O=C(c1cccc(N2C(=O)[C@@H]3[C@@H](C2=O)[C@]2(Cl)C(Cl)=C(Cl)[C@]3(Cl)C2(Cl)Cl)c1)N1CCCCC1. The van der Waals surface area contributed by atoms with Gasteiger partial charge in [-0.05, 0) is 37.5 Å². The summed E-state index contributed by atoms with van der Waals surface area (Å²) in [6.07, 6.45) is 2.98. The number of carbonyl (C=O) groups excluding carboxylic acids is 3. The van der Waals surface area contributed by atoms with Crippen LogP contribution in [0.25, 0.3) is 0 Å². The van der Waals surface area contributed by atoms with Crippen molar-refractivity contribution in [3.05, 3.63) is 39.9 Å². The number of fused-ring (bicyclic) bond motifs is 5. The van der Waals surface area contributed by atoms with Gasteiger partial charge in [0.15, 0.2) is 4.33 Å². The number of rotatable bonds is 2. The van der Waals surface area contributed by atoms with Crippen LogP contribution in [0.15, 0.2) is 34.3 Å². The first-order valence-electron chi connectivity index (χ1n) is 10.1. The molecule has 4 aliphatic rings. The molecule has 4 atom stereocenters. The minimum Gasteiger partial charge on any atom is -0.339 e. The van der Waals surface area contributed by atoms with Gasteiger partial charge in [-0.2, -0.15) is 0 Å². The average molecular weight is 557 g/mol. The Hall–Kier alpha value is -0.690. The van der Waals surface area contributed by atoms with Gasteiger partial charge >= 0.3 is 0 Å². The molecule has 32 heavy (non-hydrogen) atoms. The van der Waals surface area contributed by atoms with Crippen molar-refractivity contribution in [3.8, 4) is 0 Å². The van der Waals surface area contributed by atoms with Crippen molar-refractivity contribution in [3.63, 3.8) is 0 Å². The zero-order valence-corrected chi connectivity index (χ0v) is 20.9. The summed E-state index contributed by atoms with van der Waals surface area (Å²) in [6.45, 7) is 1.35. The number of allylic oxidation sites excluding steroid dienone is 2. The lowest BCUT2D eigenvalue weighted by Crippen LogP contribution is -2.50. The quantitative estimate of drug-likeness (QED) is 0.369. The van der Waals surface area contributed by atoms with E-state index in [4.69, 9.17) is 69.6 Å². The monoisotopic (exact) mass is 554 g/mol. The second kappa shape index (κ2) is 7.40. The fourth-order valence-electron chi connectivity index (χ4n) is 5.31. The lowest BCUT2D eigenvalue weighted by Gasteiger charge is -2.34. The molecule has 1 aromatic rings. The first-order valence-corrected chi connectivity index (χ1v) is 12.4. The Labute approximate surface area is 214 Å². The van der Waals surface area contributed by atoms with Gasteiger partial charge < -0.3 is 4.90 Å². The van der Waals surface area contributed by atoms with Gasteiger partial charge in [0.25, 0.3) is 5.91 Å². The topological polar surface area (TPSA) is 57.7 Å². The Morgan fingerprint density at radius 1 is 0.875 bits per heavy atom. The van der Waals surface area contributed by atoms with E-state index >= 15 is 0 Å². The van der Waals surface area contributed by atoms with E-state index in [0.29, 0.717) is 18.7 Å². The third-order valence-corrected chi connectivity index (χ3v) is 11.2. The van der Waals surface area contributed by atoms with Crippen LogP contribution in [0.1, 0.15) is 29.6 Å². The summed E-state index contributed by atoms with van der Waals surface area (Å²) < 4.78 is -1.98. The number of halogens is 6. The van der Waals surface area contributed by atoms with Crippen LogP contribution in [0, 0.1) is 11.8 Å². The molecule has 0 N–H and O–H groups in total. The summed E-state index contributed by atoms with van der Waals surface area (Å²) in [5, 5.41) is -0.279. The molecule has 2 saturated heterocycles. The predicted octanol–water partition coefficient (Wildman–Crippen LogP) is 5.26. The maximum absolute atomic E-state index is 13.5. The van der Waals surface area contributed by atoms with E-state index in [1.807, 2.05) is 0 Å². The molecule has 170 valence electrons. The van der Waals surface area contributed by atoms with Crippen molar-refractivity contribution < 1.29 is 14.4 Å². The van der Waals surface area contributed by atoms with Gasteiger partial charge in [0.05, 0.1) is 27.6 Å². The number of carbonyl (C=O) groups is 3. The van der Waals surface area contributed by atoms with E-state index < -0.39 is 37.7 Å². The molecule has 0 spiro atoms. The summed E-state index contributed by atoms with van der Waals surface area (Å²) >= 11 is 39.1. The van der Waals surface area contributed by atoms with Gasteiger partial charge in [-0.3, -0.25) is 14.4 Å². The van der Waals surface area contributed by atoms with E-state index in [1.54, 1.807) is 23.1 Å². The van der Waals surface area contributed by atoms with Crippen LogP contribution >= 0.6 is 69.6 Å². The highest BCUT2D eigenvalue weighted by Crippen LogP contribution is 2.77. The second-order valence-corrected chi connectivity index (χ2v) is 11.8. The highest BCUT2D eigenvalue weighted by Gasteiger charge is 2.87. The number of alkyl halides is 4. The van der Waals surface area contributed by atoms with Crippen LogP contribution in [0.5, 0.6) is 0 Å². The lowest BCUT2D eigenvalue weighted by atomic mass is 9.84. The number of anilines is 1.